The van der Waals surface area contributed by atoms with Crippen LogP contribution in [0.4, 0.5) is 18.9 Å². The third-order valence-electron chi connectivity index (χ3n) is 5.36. The Labute approximate surface area is 159 Å². The van der Waals surface area contributed by atoms with Crippen molar-refractivity contribution in [2.45, 2.75) is 42.8 Å². The van der Waals surface area contributed by atoms with Gasteiger partial charge in [-0.15, -0.1) is 0 Å². The van der Waals surface area contributed by atoms with Crippen molar-refractivity contribution in [3.63, 3.8) is 0 Å². The lowest BCUT2D eigenvalue weighted by atomic mass is 9.39. The van der Waals surface area contributed by atoms with Crippen LogP contribution in [0.2, 0.25) is 0 Å². The highest BCUT2D eigenvalue weighted by Crippen LogP contribution is 2.73. The fourth-order valence-corrected chi connectivity index (χ4v) is 4.64. The lowest BCUT2D eigenvalue weighted by molar-refractivity contribution is -0.336. The second kappa shape index (κ2) is 6.15. The van der Waals surface area contributed by atoms with Crippen LogP contribution in [0.25, 0.3) is 0 Å². The quantitative estimate of drug-likeness (QED) is 0.722. The summed E-state index contributed by atoms with van der Waals surface area (Å²) in [5.41, 5.74) is -0.246. The average molecular weight is 393 g/mol. The second-order valence-corrected chi connectivity index (χ2v) is 8.36. The van der Waals surface area contributed by atoms with Crippen LogP contribution in [0, 0.1) is 12.3 Å². The third-order valence-corrected chi connectivity index (χ3v) is 6.19. The Morgan fingerprint density at radius 1 is 1.15 bits per heavy atom. The van der Waals surface area contributed by atoms with Gasteiger partial charge in [0.15, 0.2) is 0 Å². The van der Waals surface area contributed by atoms with Crippen LogP contribution in [-0.2, 0) is 0 Å². The SMILES string of the molecule is Cc1ccc(C(=O)NC23CC(C(F)(F)F)(C2)C3)c(NSc2ccncc2)c1. The average Bonchev–Trinajstić information content (AvgIpc) is 2.54. The molecule has 3 saturated carbocycles. The molecule has 3 fully saturated rings. The number of carbonyl (C=O) groups is 1. The Bertz CT molecular complexity index is 866. The predicted octanol–water partition coefficient (Wildman–Crippen LogP) is 4.72. The van der Waals surface area contributed by atoms with E-state index < -0.39 is 17.1 Å². The van der Waals surface area contributed by atoms with Crippen LogP contribution in [0.15, 0.2) is 47.6 Å². The Balaban J connectivity index is 1.45. The minimum absolute atomic E-state index is 0.0182. The molecule has 1 aromatic heterocycles. The Hall–Kier alpha value is -2.22. The number of carbonyl (C=O) groups excluding carboxylic acids is 1. The Morgan fingerprint density at radius 2 is 1.81 bits per heavy atom. The topological polar surface area (TPSA) is 54.0 Å². The summed E-state index contributed by atoms with van der Waals surface area (Å²) in [7, 11) is 0. The third kappa shape index (κ3) is 3.16. The van der Waals surface area contributed by atoms with Crippen LogP contribution in [0.5, 0.6) is 0 Å². The van der Waals surface area contributed by atoms with Gasteiger partial charge in [-0.1, -0.05) is 6.07 Å². The first-order chi connectivity index (χ1) is 12.7. The van der Waals surface area contributed by atoms with Gasteiger partial charge in [0.1, 0.15) is 0 Å². The molecule has 0 radical (unpaired) electrons. The maximum absolute atomic E-state index is 13.0. The van der Waals surface area contributed by atoms with Crippen molar-refractivity contribution >= 4 is 23.5 Å². The van der Waals surface area contributed by atoms with Crippen LogP contribution in [-0.4, -0.2) is 22.6 Å². The molecule has 3 aliphatic carbocycles. The van der Waals surface area contributed by atoms with Crippen LogP contribution in [0.3, 0.4) is 0 Å². The molecular weight excluding hydrogens is 375 g/mol. The normalized spacial score (nSPS) is 25.9. The molecule has 2 aromatic rings. The van der Waals surface area contributed by atoms with Crippen molar-refractivity contribution in [3.8, 4) is 0 Å². The molecule has 1 aromatic carbocycles. The van der Waals surface area contributed by atoms with Crippen molar-refractivity contribution in [2.24, 2.45) is 5.41 Å². The summed E-state index contributed by atoms with van der Waals surface area (Å²) in [5.74, 6) is -0.344. The van der Waals surface area contributed by atoms with E-state index in [1.54, 1.807) is 18.5 Å². The summed E-state index contributed by atoms with van der Waals surface area (Å²) < 4.78 is 42.1. The Kier molecular flexibility index (Phi) is 4.14. The molecule has 8 heteroatoms. The largest absolute Gasteiger partial charge is 0.394 e. The standard InChI is InChI=1S/C19H18F3N3OS/c1-12-2-3-14(15(8-12)25-27-13-4-6-23-7-5-13)16(26)24-18-9-17(10-18,11-18)19(20,21)22/h2-8,25H,9-11H2,1H3,(H,24,26). The summed E-state index contributed by atoms with van der Waals surface area (Å²) in [6.45, 7) is 1.91. The van der Waals surface area contributed by atoms with E-state index in [2.05, 4.69) is 15.0 Å². The fourth-order valence-electron chi connectivity index (χ4n) is 3.99. The number of pyridine rings is 1. The highest BCUT2D eigenvalue weighted by atomic mass is 32.2. The van der Waals surface area contributed by atoms with Gasteiger partial charge in [0.25, 0.3) is 5.91 Å². The number of hydrogen-bond donors (Lipinski definition) is 2. The number of halogens is 3. The van der Waals surface area contributed by atoms with Gasteiger partial charge < -0.3 is 10.0 Å². The van der Waals surface area contributed by atoms with Gasteiger partial charge in [0.2, 0.25) is 0 Å². The minimum atomic E-state index is -4.18. The summed E-state index contributed by atoms with van der Waals surface area (Å²) >= 11 is 1.35. The number of hydrogen-bond acceptors (Lipinski definition) is 4. The first kappa shape index (κ1) is 18.2. The number of aryl methyl sites for hydroxylation is 1. The zero-order valence-corrected chi connectivity index (χ0v) is 15.4. The van der Waals surface area contributed by atoms with Crippen molar-refractivity contribution in [1.82, 2.24) is 10.3 Å². The molecule has 0 atom stereocenters. The van der Waals surface area contributed by atoms with E-state index >= 15 is 0 Å². The minimum Gasteiger partial charge on any atom is -0.346 e. The van der Waals surface area contributed by atoms with Crippen molar-refractivity contribution in [2.75, 3.05) is 4.72 Å². The molecule has 27 heavy (non-hydrogen) atoms. The molecular formula is C19H18F3N3OS. The van der Waals surface area contributed by atoms with Crippen molar-refractivity contribution in [1.29, 1.82) is 0 Å². The van der Waals surface area contributed by atoms with Gasteiger partial charge >= 0.3 is 6.18 Å². The summed E-state index contributed by atoms with van der Waals surface area (Å²) in [6, 6.07) is 9.04. The van der Waals surface area contributed by atoms with Gasteiger partial charge in [-0.3, -0.25) is 9.78 Å². The monoisotopic (exact) mass is 393 g/mol. The summed E-state index contributed by atoms with van der Waals surface area (Å²) in [6.07, 6.45) is -0.891. The van der Waals surface area contributed by atoms with E-state index in [0.717, 1.165) is 10.5 Å². The molecule has 1 amide bonds. The van der Waals surface area contributed by atoms with Gasteiger partial charge in [-0.2, -0.15) is 13.2 Å². The number of amides is 1. The molecule has 142 valence electrons. The number of nitrogens with one attached hydrogen (secondary N) is 2. The van der Waals surface area contributed by atoms with Gasteiger partial charge in [0, 0.05) is 22.8 Å². The lowest BCUT2D eigenvalue weighted by Gasteiger charge is -2.70. The molecule has 0 aliphatic heterocycles. The molecule has 4 nitrogen and oxygen atoms in total. The number of benzene rings is 1. The molecule has 2 bridgehead atoms. The van der Waals surface area contributed by atoms with Gasteiger partial charge in [-0.05, 0) is 68.0 Å². The smallest absolute Gasteiger partial charge is 0.346 e. The summed E-state index contributed by atoms with van der Waals surface area (Å²) in [5, 5.41) is 2.83. The number of rotatable bonds is 5. The zero-order chi connectivity index (χ0) is 19.3. The number of aromatic nitrogens is 1. The maximum atomic E-state index is 13.0. The number of nitrogens with zero attached hydrogens (tertiary/aromatic N) is 1. The van der Waals surface area contributed by atoms with E-state index in [0.29, 0.717) is 11.3 Å². The van der Waals surface area contributed by atoms with Gasteiger partial charge in [0.05, 0.1) is 16.7 Å². The molecule has 2 N–H and O–H groups in total. The number of anilines is 1. The van der Waals surface area contributed by atoms with Crippen molar-refractivity contribution < 1.29 is 18.0 Å². The summed E-state index contributed by atoms with van der Waals surface area (Å²) in [4.78, 5) is 17.6. The lowest BCUT2D eigenvalue weighted by Crippen LogP contribution is -2.78. The molecule has 0 spiro atoms. The van der Waals surface area contributed by atoms with E-state index in [1.165, 1.54) is 11.9 Å². The van der Waals surface area contributed by atoms with Gasteiger partial charge in [-0.25, -0.2) is 0 Å². The van der Waals surface area contributed by atoms with E-state index in [4.69, 9.17) is 0 Å². The molecule has 0 saturated heterocycles. The second-order valence-electron chi connectivity index (χ2n) is 7.48. The molecule has 3 aliphatic rings. The Morgan fingerprint density at radius 3 is 2.44 bits per heavy atom. The first-order valence-corrected chi connectivity index (χ1v) is 9.37. The predicted molar refractivity (Wildman–Crippen MR) is 97.4 cm³/mol. The maximum Gasteiger partial charge on any atom is 0.394 e. The van der Waals surface area contributed by atoms with Crippen LogP contribution < -0.4 is 10.0 Å². The van der Waals surface area contributed by atoms with E-state index in [1.807, 2.05) is 31.2 Å². The number of alkyl halides is 3. The fraction of sp³-hybridized carbons (Fsp3) is 0.368. The zero-order valence-electron chi connectivity index (χ0n) is 14.6. The molecule has 1 heterocycles. The van der Waals surface area contributed by atoms with Crippen molar-refractivity contribution in [3.05, 3.63) is 53.9 Å². The highest BCUT2D eigenvalue weighted by molar-refractivity contribution is 8.00. The van der Waals surface area contributed by atoms with Crippen LogP contribution >= 0.6 is 11.9 Å². The van der Waals surface area contributed by atoms with E-state index in [-0.39, 0.29) is 25.2 Å². The van der Waals surface area contributed by atoms with E-state index in [9.17, 15) is 18.0 Å². The van der Waals surface area contributed by atoms with Crippen LogP contribution in [0.1, 0.15) is 35.2 Å². The first-order valence-electron chi connectivity index (χ1n) is 8.55. The molecule has 5 rings (SSSR count). The highest BCUT2D eigenvalue weighted by Gasteiger charge is 2.79. The molecule has 0 unspecified atom stereocenters.